The van der Waals surface area contributed by atoms with Crippen LogP contribution in [0.1, 0.15) is 38.3 Å². The Hall–Kier alpha value is -1.01. The van der Waals surface area contributed by atoms with Crippen molar-refractivity contribution in [3.8, 4) is 0 Å². The zero-order chi connectivity index (χ0) is 14.2. The molecule has 19 heavy (non-hydrogen) atoms. The van der Waals surface area contributed by atoms with Gasteiger partial charge < -0.3 is 5.32 Å². The minimum absolute atomic E-state index is 0.0414. The Balaban J connectivity index is 2.67. The summed E-state index contributed by atoms with van der Waals surface area (Å²) in [5.74, 6) is -1.53. The molecule has 2 unspecified atom stereocenters. The Morgan fingerprint density at radius 3 is 2.42 bits per heavy atom. The third-order valence-electron chi connectivity index (χ3n) is 3.46. The van der Waals surface area contributed by atoms with E-state index in [-0.39, 0.29) is 5.56 Å². The highest BCUT2D eigenvalue weighted by molar-refractivity contribution is 7.92. The maximum atomic E-state index is 13.9. The molecule has 0 aromatic heterocycles. The van der Waals surface area contributed by atoms with E-state index in [4.69, 9.17) is 0 Å². The third-order valence-corrected chi connectivity index (χ3v) is 5.75. The monoisotopic (exact) mass is 289 g/mol. The van der Waals surface area contributed by atoms with E-state index in [0.717, 1.165) is 12.1 Å². The molecule has 0 spiro atoms. The van der Waals surface area contributed by atoms with Crippen molar-refractivity contribution in [2.24, 2.45) is 0 Å². The average molecular weight is 289 g/mol. The summed E-state index contributed by atoms with van der Waals surface area (Å²) in [6, 6.07) is 1.20. The van der Waals surface area contributed by atoms with Gasteiger partial charge in [-0.1, -0.05) is 20.3 Å². The highest BCUT2D eigenvalue weighted by Crippen LogP contribution is 2.43. The van der Waals surface area contributed by atoms with Crippen molar-refractivity contribution in [1.29, 1.82) is 0 Å². The first kappa shape index (κ1) is 14.4. The lowest BCUT2D eigenvalue weighted by atomic mass is 10.0. The standard InChI is InChI=1S/C13H17F2NO2S/c1-3-5-10-12(16-4-2)11-8(14)6-7-9(15)13(11)19(10,17)18/h6-7,10,12,16H,3-5H2,1-2H3. The molecule has 1 N–H and O–H groups in total. The van der Waals surface area contributed by atoms with E-state index in [1.165, 1.54) is 0 Å². The van der Waals surface area contributed by atoms with Crippen molar-refractivity contribution in [1.82, 2.24) is 5.32 Å². The Labute approximate surface area is 111 Å². The number of fused-ring (bicyclic) bond motifs is 1. The molecule has 3 nitrogen and oxygen atoms in total. The van der Waals surface area contributed by atoms with Gasteiger partial charge in [-0.15, -0.1) is 0 Å². The van der Waals surface area contributed by atoms with Crippen LogP contribution in [0.2, 0.25) is 0 Å². The molecule has 0 bridgehead atoms. The van der Waals surface area contributed by atoms with Crippen LogP contribution >= 0.6 is 0 Å². The summed E-state index contributed by atoms with van der Waals surface area (Å²) < 4.78 is 52.5. The van der Waals surface area contributed by atoms with Gasteiger partial charge >= 0.3 is 0 Å². The molecule has 2 rings (SSSR count). The summed E-state index contributed by atoms with van der Waals surface area (Å²) in [4.78, 5) is -0.461. The molecule has 1 heterocycles. The Kier molecular flexibility index (Phi) is 3.92. The first-order chi connectivity index (χ1) is 8.95. The van der Waals surface area contributed by atoms with Crippen LogP contribution < -0.4 is 5.32 Å². The van der Waals surface area contributed by atoms with Crippen molar-refractivity contribution in [2.75, 3.05) is 6.54 Å². The van der Waals surface area contributed by atoms with Gasteiger partial charge in [0.2, 0.25) is 0 Å². The lowest BCUT2D eigenvalue weighted by Crippen LogP contribution is -2.31. The second-order valence-corrected chi connectivity index (χ2v) is 6.78. The van der Waals surface area contributed by atoms with Crippen LogP contribution in [-0.2, 0) is 9.84 Å². The second kappa shape index (κ2) is 5.17. The van der Waals surface area contributed by atoms with Crippen molar-refractivity contribution in [3.05, 3.63) is 29.3 Å². The molecule has 1 aliphatic heterocycles. The zero-order valence-electron chi connectivity index (χ0n) is 10.9. The lowest BCUT2D eigenvalue weighted by Gasteiger charge is -2.19. The first-order valence-electron chi connectivity index (χ1n) is 6.40. The number of hydrogen-bond donors (Lipinski definition) is 1. The Bertz CT molecular complexity index is 587. The van der Waals surface area contributed by atoms with Crippen molar-refractivity contribution in [3.63, 3.8) is 0 Å². The predicted molar refractivity (Wildman–Crippen MR) is 68.7 cm³/mol. The topological polar surface area (TPSA) is 46.2 Å². The minimum Gasteiger partial charge on any atom is -0.309 e. The van der Waals surface area contributed by atoms with Gasteiger partial charge in [0.25, 0.3) is 0 Å². The second-order valence-electron chi connectivity index (χ2n) is 4.68. The van der Waals surface area contributed by atoms with Crippen LogP contribution in [0.3, 0.4) is 0 Å². The fraction of sp³-hybridized carbons (Fsp3) is 0.538. The van der Waals surface area contributed by atoms with Gasteiger partial charge in [-0.25, -0.2) is 17.2 Å². The summed E-state index contributed by atoms with van der Waals surface area (Å²) in [7, 11) is -3.81. The van der Waals surface area contributed by atoms with Crippen LogP contribution in [0.25, 0.3) is 0 Å². The van der Waals surface area contributed by atoms with Crippen molar-refractivity contribution in [2.45, 2.75) is 42.9 Å². The van der Waals surface area contributed by atoms with E-state index in [2.05, 4.69) is 5.32 Å². The summed E-state index contributed by atoms with van der Waals surface area (Å²) in [5.41, 5.74) is -0.0414. The highest BCUT2D eigenvalue weighted by atomic mass is 32.2. The SMILES string of the molecule is CCCC1C(NCC)c2c(F)ccc(F)c2S1(=O)=O. The summed E-state index contributed by atoms with van der Waals surface area (Å²) >= 11 is 0. The average Bonchev–Trinajstić information content (AvgIpc) is 2.57. The molecule has 6 heteroatoms. The molecule has 106 valence electrons. The van der Waals surface area contributed by atoms with Gasteiger partial charge in [0.1, 0.15) is 16.5 Å². The van der Waals surface area contributed by atoms with Gasteiger partial charge in [0.05, 0.1) is 11.3 Å². The van der Waals surface area contributed by atoms with Crippen molar-refractivity contribution >= 4 is 9.84 Å². The van der Waals surface area contributed by atoms with Crippen LogP contribution in [0.4, 0.5) is 8.78 Å². The molecule has 2 atom stereocenters. The van der Waals surface area contributed by atoms with Crippen molar-refractivity contribution < 1.29 is 17.2 Å². The van der Waals surface area contributed by atoms with E-state index < -0.39 is 37.7 Å². The first-order valence-corrected chi connectivity index (χ1v) is 7.94. The number of hydrogen-bond acceptors (Lipinski definition) is 3. The maximum absolute atomic E-state index is 13.9. The van der Waals surface area contributed by atoms with Crippen LogP contribution in [0, 0.1) is 11.6 Å². The Morgan fingerprint density at radius 1 is 1.21 bits per heavy atom. The Morgan fingerprint density at radius 2 is 1.84 bits per heavy atom. The molecule has 0 aliphatic carbocycles. The molecule has 0 fully saturated rings. The third kappa shape index (κ3) is 2.17. The maximum Gasteiger partial charge on any atom is 0.186 e. The molecule has 0 saturated heterocycles. The highest BCUT2D eigenvalue weighted by Gasteiger charge is 2.47. The number of halogens is 2. The summed E-state index contributed by atoms with van der Waals surface area (Å²) in [6.45, 7) is 4.16. The molecular weight excluding hydrogens is 272 g/mol. The zero-order valence-corrected chi connectivity index (χ0v) is 11.7. The molecule has 1 aromatic rings. The lowest BCUT2D eigenvalue weighted by molar-refractivity contribution is 0.470. The van der Waals surface area contributed by atoms with E-state index >= 15 is 0 Å². The fourth-order valence-corrected chi connectivity index (χ4v) is 5.01. The molecule has 0 radical (unpaired) electrons. The molecule has 0 saturated carbocycles. The smallest absolute Gasteiger partial charge is 0.186 e. The largest absolute Gasteiger partial charge is 0.309 e. The molecule has 0 amide bonds. The van der Waals surface area contributed by atoms with E-state index in [1.54, 1.807) is 0 Å². The summed E-state index contributed by atoms with van der Waals surface area (Å²) in [6.07, 6.45) is 1.02. The normalized spacial score (nSPS) is 24.4. The van der Waals surface area contributed by atoms with Crippen LogP contribution in [0.15, 0.2) is 17.0 Å². The molecule has 1 aromatic carbocycles. The van der Waals surface area contributed by atoms with E-state index in [1.807, 2.05) is 13.8 Å². The van der Waals surface area contributed by atoms with E-state index in [9.17, 15) is 17.2 Å². The molecule has 1 aliphatic rings. The predicted octanol–water partition coefficient (Wildman–Crippen LogP) is 2.57. The quantitative estimate of drug-likeness (QED) is 0.926. The van der Waals surface area contributed by atoms with Gasteiger partial charge in [-0.3, -0.25) is 0 Å². The van der Waals surface area contributed by atoms with Crippen LogP contribution in [0.5, 0.6) is 0 Å². The van der Waals surface area contributed by atoms with Crippen LogP contribution in [-0.4, -0.2) is 20.2 Å². The number of benzene rings is 1. The number of rotatable bonds is 4. The number of sulfone groups is 1. The summed E-state index contributed by atoms with van der Waals surface area (Å²) in [5, 5.41) is 2.18. The van der Waals surface area contributed by atoms with Gasteiger partial charge in [0.15, 0.2) is 9.84 Å². The number of nitrogens with one attached hydrogen (secondary N) is 1. The van der Waals surface area contributed by atoms with Gasteiger partial charge in [-0.05, 0) is 25.1 Å². The molecular formula is C13H17F2NO2S. The minimum atomic E-state index is -3.81. The van der Waals surface area contributed by atoms with E-state index in [0.29, 0.717) is 19.4 Å². The van der Waals surface area contributed by atoms with Gasteiger partial charge in [-0.2, -0.15) is 0 Å². The fourth-order valence-electron chi connectivity index (χ4n) is 2.70. The van der Waals surface area contributed by atoms with Gasteiger partial charge in [0, 0.05) is 5.56 Å².